The molecule has 0 fully saturated rings. The van der Waals surface area contributed by atoms with Crippen LogP contribution in [0.2, 0.25) is 0 Å². The number of nitrogens with zero attached hydrogens (tertiary/aromatic N) is 2. The van der Waals surface area contributed by atoms with Gasteiger partial charge in [-0.05, 0) is 12.1 Å². The van der Waals surface area contributed by atoms with Crippen LogP contribution in [0.1, 0.15) is 5.69 Å². The molecule has 2 rings (SSSR count). The molecule has 0 radical (unpaired) electrons. The molecular weight excluding hydrogens is 200 g/mol. The Morgan fingerprint density at radius 2 is 2.13 bits per heavy atom. The molecule has 0 unspecified atom stereocenters. The molecule has 78 valence electrons. The van der Waals surface area contributed by atoms with Crippen molar-refractivity contribution in [3.63, 3.8) is 0 Å². The topological polar surface area (TPSA) is 43.8 Å². The van der Waals surface area contributed by atoms with Gasteiger partial charge in [0.15, 0.2) is 0 Å². The molecule has 2 N–H and O–H groups in total. The molecule has 1 aromatic heterocycles. The maximum absolute atomic E-state index is 13.4. The second-order valence-electron chi connectivity index (χ2n) is 3.05. The van der Waals surface area contributed by atoms with E-state index in [1.807, 2.05) is 0 Å². The Morgan fingerprint density at radius 1 is 1.33 bits per heavy atom. The molecule has 1 aromatic carbocycles. The highest BCUT2D eigenvalue weighted by atomic mass is 19.1. The summed E-state index contributed by atoms with van der Waals surface area (Å²) in [6, 6.07) is 3.37. The lowest BCUT2D eigenvalue weighted by Gasteiger charge is -2.07. The first-order valence-electron chi connectivity index (χ1n) is 4.39. The van der Waals surface area contributed by atoms with Crippen molar-refractivity contribution in [3.05, 3.63) is 48.1 Å². The molecule has 3 nitrogen and oxygen atoms in total. The Balaban J connectivity index is 2.54. The largest absolute Gasteiger partial charge is 0.325 e. The molecule has 0 bridgehead atoms. The average Bonchev–Trinajstić information content (AvgIpc) is 2.65. The summed E-state index contributed by atoms with van der Waals surface area (Å²) < 4.78 is 27.6. The quantitative estimate of drug-likeness (QED) is 0.816. The standard InChI is InChI=1S/C10H9F2N3/c11-7-1-2-10(9(12)3-7)15-6-14-5-8(15)4-13/h1-3,5-6H,4,13H2. The summed E-state index contributed by atoms with van der Waals surface area (Å²) >= 11 is 0. The predicted molar refractivity (Wildman–Crippen MR) is 51.4 cm³/mol. The minimum atomic E-state index is -0.636. The number of rotatable bonds is 2. The third-order valence-electron chi connectivity index (χ3n) is 2.09. The van der Waals surface area contributed by atoms with Gasteiger partial charge in [-0.15, -0.1) is 0 Å². The second kappa shape index (κ2) is 3.78. The molecule has 0 saturated carbocycles. The fraction of sp³-hybridized carbons (Fsp3) is 0.100. The molecule has 5 heteroatoms. The molecule has 0 aliphatic rings. The maximum atomic E-state index is 13.4. The molecule has 0 aliphatic carbocycles. The van der Waals surface area contributed by atoms with E-state index in [0.717, 1.165) is 6.07 Å². The van der Waals surface area contributed by atoms with Crippen LogP contribution in [-0.4, -0.2) is 9.55 Å². The van der Waals surface area contributed by atoms with Gasteiger partial charge in [0.25, 0.3) is 0 Å². The van der Waals surface area contributed by atoms with Crippen LogP contribution in [0.5, 0.6) is 0 Å². The van der Waals surface area contributed by atoms with Crippen LogP contribution >= 0.6 is 0 Å². The van der Waals surface area contributed by atoms with Gasteiger partial charge in [-0.2, -0.15) is 0 Å². The highest BCUT2D eigenvalue weighted by molar-refractivity contribution is 5.35. The zero-order valence-electron chi connectivity index (χ0n) is 7.82. The van der Waals surface area contributed by atoms with E-state index >= 15 is 0 Å². The first-order valence-corrected chi connectivity index (χ1v) is 4.39. The van der Waals surface area contributed by atoms with Crippen LogP contribution in [0.3, 0.4) is 0 Å². The highest BCUT2D eigenvalue weighted by Crippen LogP contribution is 2.16. The van der Waals surface area contributed by atoms with Gasteiger partial charge in [-0.3, -0.25) is 4.57 Å². The van der Waals surface area contributed by atoms with E-state index < -0.39 is 11.6 Å². The molecule has 0 atom stereocenters. The summed E-state index contributed by atoms with van der Waals surface area (Å²) in [6.45, 7) is 0.247. The average molecular weight is 209 g/mol. The first kappa shape index (κ1) is 9.79. The number of imidazole rings is 1. The summed E-state index contributed by atoms with van der Waals surface area (Å²) in [6.07, 6.45) is 2.99. The van der Waals surface area contributed by atoms with Gasteiger partial charge >= 0.3 is 0 Å². The van der Waals surface area contributed by atoms with Crippen molar-refractivity contribution in [2.45, 2.75) is 6.54 Å². The Bertz CT molecular complexity index is 479. The molecule has 2 aromatic rings. The molecule has 0 saturated heterocycles. The van der Waals surface area contributed by atoms with E-state index in [1.54, 1.807) is 6.20 Å². The van der Waals surface area contributed by atoms with Crippen LogP contribution in [0.4, 0.5) is 8.78 Å². The fourth-order valence-electron chi connectivity index (χ4n) is 1.37. The van der Waals surface area contributed by atoms with E-state index in [0.29, 0.717) is 5.69 Å². The van der Waals surface area contributed by atoms with E-state index in [1.165, 1.54) is 23.0 Å². The number of benzene rings is 1. The number of halogens is 2. The number of hydrogen-bond donors (Lipinski definition) is 1. The van der Waals surface area contributed by atoms with Crippen molar-refractivity contribution >= 4 is 0 Å². The molecule has 0 aliphatic heterocycles. The van der Waals surface area contributed by atoms with E-state index in [4.69, 9.17) is 5.73 Å². The lowest BCUT2D eigenvalue weighted by Crippen LogP contribution is -2.06. The monoisotopic (exact) mass is 209 g/mol. The van der Waals surface area contributed by atoms with E-state index in [-0.39, 0.29) is 12.2 Å². The van der Waals surface area contributed by atoms with Crippen molar-refractivity contribution < 1.29 is 8.78 Å². The van der Waals surface area contributed by atoms with Crippen LogP contribution in [0.25, 0.3) is 5.69 Å². The lowest BCUT2D eigenvalue weighted by molar-refractivity contribution is 0.576. The summed E-state index contributed by atoms with van der Waals surface area (Å²) in [5, 5.41) is 0. The molecule has 0 spiro atoms. The van der Waals surface area contributed by atoms with Crippen LogP contribution in [0.15, 0.2) is 30.7 Å². The summed E-state index contributed by atoms with van der Waals surface area (Å²) in [5.41, 5.74) is 6.37. The smallest absolute Gasteiger partial charge is 0.150 e. The third-order valence-corrected chi connectivity index (χ3v) is 2.09. The van der Waals surface area contributed by atoms with E-state index in [2.05, 4.69) is 4.98 Å². The number of hydrogen-bond acceptors (Lipinski definition) is 2. The summed E-state index contributed by atoms with van der Waals surface area (Å²) in [5.74, 6) is -1.24. The number of aromatic nitrogens is 2. The zero-order valence-corrected chi connectivity index (χ0v) is 7.82. The summed E-state index contributed by atoms with van der Waals surface area (Å²) in [7, 11) is 0. The Morgan fingerprint density at radius 3 is 2.80 bits per heavy atom. The molecule has 15 heavy (non-hydrogen) atoms. The number of nitrogens with two attached hydrogens (primary N) is 1. The third kappa shape index (κ3) is 1.73. The molecule has 0 amide bonds. The Kier molecular flexibility index (Phi) is 2.47. The molecule has 1 heterocycles. The lowest BCUT2D eigenvalue weighted by atomic mass is 10.3. The van der Waals surface area contributed by atoms with Gasteiger partial charge < -0.3 is 5.73 Å². The predicted octanol–water partition coefficient (Wildman–Crippen LogP) is 1.61. The van der Waals surface area contributed by atoms with Gasteiger partial charge in [0.1, 0.15) is 11.6 Å². The van der Waals surface area contributed by atoms with Crippen molar-refractivity contribution in [1.29, 1.82) is 0 Å². The normalized spacial score (nSPS) is 10.6. The van der Waals surface area contributed by atoms with Crippen LogP contribution in [0, 0.1) is 11.6 Å². The highest BCUT2D eigenvalue weighted by Gasteiger charge is 2.08. The Hall–Kier alpha value is -1.75. The molecular formula is C10H9F2N3. The zero-order chi connectivity index (χ0) is 10.8. The van der Waals surface area contributed by atoms with Gasteiger partial charge in [0, 0.05) is 18.8 Å². The van der Waals surface area contributed by atoms with Gasteiger partial charge in [0.2, 0.25) is 0 Å². The van der Waals surface area contributed by atoms with Crippen molar-refractivity contribution in [1.82, 2.24) is 9.55 Å². The van der Waals surface area contributed by atoms with Crippen LogP contribution in [-0.2, 0) is 6.54 Å². The van der Waals surface area contributed by atoms with E-state index in [9.17, 15) is 8.78 Å². The minimum Gasteiger partial charge on any atom is -0.325 e. The maximum Gasteiger partial charge on any atom is 0.150 e. The summed E-state index contributed by atoms with van der Waals surface area (Å²) in [4.78, 5) is 3.86. The van der Waals surface area contributed by atoms with Crippen LogP contribution < -0.4 is 5.73 Å². The first-order chi connectivity index (χ1) is 7.22. The van der Waals surface area contributed by atoms with Gasteiger partial charge in [-0.1, -0.05) is 0 Å². The fourth-order valence-corrected chi connectivity index (χ4v) is 1.37. The SMILES string of the molecule is NCc1cncn1-c1ccc(F)cc1F. The van der Waals surface area contributed by atoms with Crippen molar-refractivity contribution in [3.8, 4) is 5.69 Å². The van der Waals surface area contributed by atoms with Crippen molar-refractivity contribution in [2.24, 2.45) is 5.73 Å². The van der Waals surface area contributed by atoms with Gasteiger partial charge in [0.05, 0.1) is 17.7 Å². The second-order valence-corrected chi connectivity index (χ2v) is 3.05. The Labute approximate surface area is 85.2 Å². The van der Waals surface area contributed by atoms with Crippen molar-refractivity contribution in [2.75, 3.05) is 0 Å². The van der Waals surface area contributed by atoms with Gasteiger partial charge in [-0.25, -0.2) is 13.8 Å². The minimum absolute atomic E-state index is 0.245.